The van der Waals surface area contributed by atoms with Crippen molar-refractivity contribution in [3.63, 3.8) is 0 Å². The van der Waals surface area contributed by atoms with E-state index in [1.807, 2.05) is 18.8 Å². The first-order valence-corrected chi connectivity index (χ1v) is 8.75. The summed E-state index contributed by atoms with van der Waals surface area (Å²) in [6, 6.07) is 8.86. The van der Waals surface area contributed by atoms with Crippen LogP contribution in [-0.2, 0) is 6.42 Å². The number of nitrogens with one attached hydrogen (secondary N) is 2. The summed E-state index contributed by atoms with van der Waals surface area (Å²) in [6.07, 6.45) is 5.91. The summed E-state index contributed by atoms with van der Waals surface area (Å²) in [6.45, 7) is 1.93. The van der Waals surface area contributed by atoms with Gasteiger partial charge in [0.15, 0.2) is 5.96 Å². The van der Waals surface area contributed by atoms with Crippen LogP contribution in [0.25, 0.3) is 0 Å². The first-order chi connectivity index (χ1) is 9.85. The number of aryl methyl sites for hydroxylation is 1. The largest absolute Gasteiger partial charge is 0.356 e. The molecule has 0 saturated carbocycles. The lowest BCUT2D eigenvalue weighted by atomic mass is 9.83. The van der Waals surface area contributed by atoms with Crippen molar-refractivity contribution in [2.75, 3.05) is 32.1 Å². The summed E-state index contributed by atoms with van der Waals surface area (Å²) < 4.78 is 0. The molecular weight excluding hydrogens is 266 g/mol. The summed E-state index contributed by atoms with van der Waals surface area (Å²) in [5, 5.41) is 6.82. The summed E-state index contributed by atoms with van der Waals surface area (Å²) in [5.74, 6) is 2.63. The Balaban J connectivity index is 1.88. The van der Waals surface area contributed by atoms with Gasteiger partial charge in [0.25, 0.3) is 0 Å². The minimum absolute atomic E-state index is 0.610. The fourth-order valence-electron chi connectivity index (χ4n) is 2.78. The van der Waals surface area contributed by atoms with Gasteiger partial charge in [-0.15, -0.1) is 0 Å². The normalized spacial score (nSPS) is 18.5. The molecule has 0 heterocycles. The van der Waals surface area contributed by atoms with E-state index in [9.17, 15) is 0 Å². The Labute approximate surface area is 126 Å². The van der Waals surface area contributed by atoms with Gasteiger partial charge < -0.3 is 10.6 Å². The number of guanidine groups is 1. The smallest absolute Gasteiger partial charge is 0.191 e. The third-order valence-corrected chi connectivity index (χ3v) is 4.44. The predicted octanol–water partition coefficient (Wildman–Crippen LogP) is 2.63. The van der Waals surface area contributed by atoms with Gasteiger partial charge in [0.1, 0.15) is 0 Å². The van der Waals surface area contributed by atoms with Crippen LogP contribution in [0.2, 0.25) is 0 Å². The molecule has 0 saturated heterocycles. The summed E-state index contributed by atoms with van der Waals surface area (Å²) in [4.78, 5) is 4.29. The second-order valence-electron chi connectivity index (χ2n) is 5.16. The van der Waals surface area contributed by atoms with Crippen LogP contribution in [0, 0.1) is 0 Å². The molecule has 2 N–H and O–H groups in total. The quantitative estimate of drug-likeness (QED) is 0.497. The molecule has 1 aromatic rings. The molecular formula is C16H25N3S. The maximum absolute atomic E-state index is 4.29. The highest BCUT2D eigenvalue weighted by atomic mass is 32.2. The number of aliphatic imine (C=N–C) groups is 1. The van der Waals surface area contributed by atoms with Crippen LogP contribution < -0.4 is 10.6 Å². The SMILES string of the molecule is CN=C(NCCSC)NCC1CCCc2ccccc21. The third-order valence-electron chi connectivity index (χ3n) is 3.83. The van der Waals surface area contributed by atoms with Crippen LogP contribution in [0.15, 0.2) is 29.3 Å². The fraction of sp³-hybridized carbons (Fsp3) is 0.562. The molecule has 0 radical (unpaired) electrons. The van der Waals surface area contributed by atoms with E-state index in [-0.39, 0.29) is 0 Å². The zero-order chi connectivity index (χ0) is 14.2. The Morgan fingerprint density at radius 2 is 2.20 bits per heavy atom. The van der Waals surface area contributed by atoms with Crippen LogP contribution in [-0.4, -0.2) is 38.1 Å². The molecule has 110 valence electrons. The highest BCUT2D eigenvalue weighted by molar-refractivity contribution is 7.98. The molecule has 4 heteroatoms. The van der Waals surface area contributed by atoms with E-state index in [1.165, 1.54) is 30.4 Å². The van der Waals surface area contributed by atoms with E-state index < -0.39 is 0 Å². The molecule has 0 fully saturated rings. The topological polar surface area (TPSA) is 36.4 Å². The molecule has 1 aliphatic carbocycles. The van der Waals surface area contributed by atoms with Gasteiger partial charge in [0.2, 0.25) is 0 Å². The Hall–Kier alpha value is -1.16. The van der Waals surface area contributed by atoms with Gasteiger partial charge in [-0.05, 0) is 36.6 Å². The average Bonchev–Trinajstić information content (AvgIpc) is 2.50. The molecule has 1 atom stereocenters. The van der Waals surface area contributed by atoms with Crippen LogP contribution in [0.5, 0.6) is 0 Å². The number of hydrogen-bond acceptors (Lipinski definition) is 2. The van der Waals surface area contributed by atoms with E-state index in [1.54, 1.807) is 0 Å². The zero-order valence-corrected chi connectivity index (χ0v) is 13.3. The molecule has 0 aliphatic heterocycles. The Kier molecular flexibility index (Phi) is 6.25. The Morgan fingerprint density at radius 3 is 3.00 bits per heavy atom. The number of thioether (sulfide) groups is 1. The van der Waals surface area contributed by atoms with Crippen molar-refractivity contribution >= 4 is 17.7 Å². The molecule has 2 rings (SSSR count). The highest BCUT2D eigenvalue weighted by Gasteiger charge is 2.19. The molecule has 3 nitrogen and oxygen atoms in total. The van der Waals surface area contributed by atoms with Gasteiger partial charge in [-0.3, -0.25) is 4.99 Å². The molecule has 0 bridgehead atoms. The number of fused-ring (bicyclic) bond motifs is 1. The third kappa shape index (κ3) is 4.17. The van der Waals surface area contributed by atoms with Gasteiger partial charge in [-0.25, -0.2) is 0 Å². The van der Waals surface area contributed by atoms with Crippen molar-refractivity contribution in [1.82, 2.24) is 10.6 Å². The number of benzene rings is 1. The second kappa shape index (κ2) is 8.20. The highest BCUT2D eigenvalue weighted by Crippen LogP contribution is 2.30. The maximum atomic E-state index is 4.29. The molecule has 0 amide bonds. The van der Waals surface area contributed by atoms with Crippen molar-refractivity contribution in [2.45, 2.75) is 25.2 Å². The zero-order valence-electron chi connectivity index (χ0n) is 12.5. The lowest BCUT2D eigenvalue weighted by molar-refractivity contribution is 0.540. The predicted molar refractivity (Wildman–Crippen MR) is 89.9 cm³/mol. The van der Waals surface area contributed by atoms with E-state index in [0.29, 0.717) is 5.92 Å². The minimum Gasteiger partial charge on any atom is -0.356 e. The minimum atomic E-state index is 0.610. The summed E-state index contributed by atoms with van der Waals surface area (Å²) >= 11 is 1.85. The van der Waals surface area contributed by atoms with Crippen molar-refractivity contribution in [3.8, 4) is 0 Å². The average molecular weight is 291 g/mol. The lowest BCUT2D eigenvalue weighted by Gasteiger charge is -2.26. The van der Waals surface area contributed by atoms with Crippen LogP contribution in [0.3, 0.4) is 0 Å². The maximum Gasteiger partial charge on any atom is 0.191 e. The first-order valence-electron chi connectivity index (χ1n) is 7.36. The van der Waals surface area contributed by atoms with Crippen LogP contribution in [0.1, 0.15) is 29.9 Å². The van der Waals surface area contributed by atoms with Crippen molar-refractivity contribution in [3.05, 3.63) is 35.4 Å². The van der Waals surface area contributed by atoms with Gasteiger partial charge in [-0.1, -0.05) is 24.3 Å². The van der Waals surface area contributed by atoms with Crippen molar-refractivity contribution < 1.29 is 0 Å². The standard InChI is InChI=1S/C16H25N3S/c1-17-16(18-10-11-20-2)19-12-14-8-5-7-13-6-3-4-9-15(13)14/h3-4,6,9,14H,5,7-8,10-12H2,1-2H3,(H2,17,18,19). The van der Waals surface area contributed by atoms with Crippen LogP contribution >= 0.6 is 11.8 Å². The molecule has 20 heavy (non-hydrogen) atoms. The first kappa shape index (κ1) is 15.2. The van der Waals surface area contributed by atoms with E-state index in [2.05, 4.69) is 46.1 Å². The van der Waals surface area contributed by atoms with Gasteiger partial charge in [0.05, 0.1) is 0 Å². The molecule has 1 aromatic carbocycles. The van der Waals surface area contributed by atoms with E-state index in [0.717, 1.165) is 24.8 Å². The number of hydrogen-bond donors (Lipinski definition) is 2. The molecule has 1 aliphatic rings. The summed E-state index contributed by atoms with van der Waals surface area (Å²) in [7, 11) is 1.84. The summed E-state index contributed by atoms with van der Waals surface area (Å²) in [5.41, 5.74) is 3.04. The fourth-order valence-corrected chi connectivity index (χ4v) is 3.08. The van der Waals surface area contributed by atoms with E-state index >= 15 is 0 Å². The monoisotopic (exact) mass is 291 g/mol. The molecule has 1 unspecified atom stereocenters. The second-order valence-corrected chi connectivity index (χ2v) is 6.15. The van der Waals surface area contributed by atoms with Crippen molar-refractivity contribution in [2.24, 2.45) is 4.99 Å². The lowest BCUT2D eigenvalue weighted by Crippen LogP contribution is -2.40. The van der Waals surface area contributed by atoms with E-state index in [4.69, 9.17) is 0 Å². The number of nitrogens with zero attached hydrogens (tertiary/aromatic N) is 1. The van der Waals surface area contributed by atoms with Gasteiger partial charge in [0, 0.05) is 31.8 Å². The Morgan fingerprint density at radius 1 is 1.35 bits per heavy atom. The number of rotatable bonds is 5. The molecule has 0 spiro atoms. The van der Waals surface area contributed by atoms with Crippen molar-refractivity contribution in [1.29, 1.82) is 0 Å². The van der Waals surface area contributed by atoms with Gasteiger partial charge in [-0.2, -0.15) is 11.8 Å². The van der Waals surface area contributed by atoms with Gasteiger partial charge >= 0.3 is 0 Å². The Bertz CT molecular complexity index is 445. The molecule has 0 aromatic heterocycles. The van der Waals surface area contributed by atoms with Crippen LogP contribution in [0.4, 0.5) is 0 Å².